The van der Waals surface area contributed by atoms with E-state index in [4.69, 9.17) is 4.42 Å². The molecule has 118 valence electrons. The van der Waals surface area contributed by atoms with Gasteiger partial charge in [0.1, 0.15) is 5.76 Å². The lowest BCUT2D eigenvalue weighted by Gasteiger charge is -2.33. The minimum atomic E-state index is -3.39. The van der Waals surface area contributed by atoms with Gasteiger partial charge in [-0.2, -0.15) is 4.31 Å². The average Bonchev–Trinajstić information content (AvgIpc) is 3.01. The summed E-state index contributed by atoms with van der Waals surface area (Å²) >= 11 is 0. The maximum absolute atomic E-state index is 12.7. The van der Waals surface area contributed by atoms with E-state index in [-0.39, 0.29) is 0 Å². The van der Waals surface area contributed by atoms with E-state index in [1.165, 1.54) is 0 Å². The molecule has 6 heteroatoms. The van der Waals surface area contributed by atoms with Gasteiger partial charge in [-0.05, 0) is 36.8 Å². The lowest BCUT2D eigenvalue weighted by Crippen LogP contribution is -2.48. The van der Waals surface area contributed by atoms with Crippen molar-refractivity contribution in [3.8, 4) is 0 Å². The lowest BCUT2D eigenvalue weighted by molar-refractivity contribution is 0.171. The number of furan rings is 1. The SMILES string of the molecule is Cc1cccc(S(=O)(=O)N2CCN(Cc3ccco3)CC2)c1. The van der Waals surface area contributed by atoms with Crippen molar-refractivity contribution in [2.45, 2.75) is 18.4 Å². The number of benzene rings is 1. The van der Waals surface area contributed by atoms with Gasteiger partial charge in [0.25, 0.3) is 0 Å². The fraction of sp³-hybridized carbons (Fsp3) is 0.375. The second kappa shape index (κ2) is 6.24. The van der Waals surface area contributed by atoms with Crippen LogP contribution in [0, 0.1) is 6.92 Å². The van der Waals surface area contributed by atoms with Crippen molar-refractivity contribution in [1.29, 1.82) is 0 Å². The van der Waals surface area contributed by atoms with Gasteiger partial charge in [-0.3, -0.25) is 4.90 Å². The number of hydrogen-bond acceptors (Lipinski definition) is 4. The Morgan fingerprint density at radius 1 is 1.09 bits per heavy atom. The molecule has 0 bridgehead atoms. The standard InChI is InChI=1S/C16H20N2O3S/c1-14-4-2-6-16(12-14)22(19,20)18-9-7-17(8-10-18)13-15-5-3-11-21-15/h2-6,11-12H,7-10,13H2,1H3. The molecule has 22 heavy (non-hydrogen) atoms. The second-order valence-corrected chi connectivity index (χ2v) is 7.51. The first-order chi connectivity index (χ1) is 10.6. The summed E-state index contributed by atoms with van der Waals surface area (Å²) in [6, 6.07) is 10.9. The van der Waals surface area contributed by atoms with Crippen molar-refractivity contribution in [3.63, 3.8) is 0 Å². The minimum Gasteiger partial charge on any atom is -0.468 e. The first-order valence-corrected chi connectivity index (χ1v) is 8.81. The molecule has 0 aliphatic carbocycles. The summed E-state index contributed by atoms with van der Waals surface area (Å²) in [4.78, 5) is 2.59. The normalized spacial score (nSPS) is 17.7. The number of nitrogens with zero attached hydrogens (tertiary/aromatic N) is 2. The van der Waals surface area contributed by atoms with E-state index in [2.05, 4.69) is 4.90 Å². The van der Waals surface area contributed by atoms with E-state index in [0.717, 1.165) is 17.9 Å². The molecule has 5 nitrogen and oxygen atoms in total. The third kappa shape index (κ3) is 3.24. The van der Waals surface area contributed by atoms with Crippen molar-refractivity contribution in [1.82, 2.24) is 9.21 Å². The summed E-state index contributed by atoms with van der Waals surface area (Å²) in [6.07, 6.45) is 1.66. The van der Waals surface area contributed by atoms with Crippen LogP contribution in [-0.2, 0) is 16.6 Å². The zero-order chi connectivity index (χ0) is 15.6. The molecule has 1 aromatic carbocycles. The van der Waals surface area contributed by atoms with E-state index < -0.39 is 10.0 Å². The van der Waals surface area contributed by atoms with Crippen molar-refractivity contribution >= 4 is 10.0 Å². The zero-order valence-electron chi connectivity index (χ0n) is 12.6. The summed E-state index contributed by atoms with van der Waals surface area (Å²) in [5.41, 5.74) is 0.956. The molecule has 0 atom stereocenters. The Kier molecular flexibility index (Phi) is 4.33. The smallest absolute Gasteiger partial charge is 0.243 e. The fourth-order valence-electron chi connectivity index (χ4n) is 2.68. The van der Waals surface area contributed by atoms with Crippen molar-refractivity contribution in [2.24, 2.45) is 0 Å². The van der Waals surface area contributed by atoms with E-state index in [9.17, 15) is 8.42 Å². The van der Waals surface area contributed by atoms with Crippen LogP contribution in [0.2, 0.25) is 0 Å². The van der Waals surface area contributed by atoms with Gasteiger partial charge in [-0.1, -0.05) is 12.1 Å². The lowest BCUT2D eigenvalue weighted by atomic mass is 10.2. The molecule has 1 aromatic heterocycles. The Bertz CT molecular complexity index is 718. The number of piperazine rings is 1. The third-order valence-corrected chi connectivity index (χ3v) is 5.81. The van der Waals surface area contributed by atoms with Gasteiger partial charge in [0, 0.05) is 26.2 Å². The van der Waals surface area contributed by atoms with Crippen LogP contribution in [0.4, 0.5) is 0 Å². The fourth-order valence-corrected chi connectivity index (χ4v) is 4.20. The van der Waals surface area contributed by atoms with Crippen molar-refractivity contribution in [2.75, 3.05) is 26.2 Å². The first-order valence-electron chi connectivity index (χ1n) is 7.37. The summed E-state index contributed by atoms with van der Waals surface area (Å²) < 4.78 is 32.2. The zero-order valence-corrected chi connectivity index (χ0v) is 13.4. The van der Waals surface area contributed by atoms with Gasteiger partial charge in [0.05, 0.1) is 17.7 Å². The van der Waals surface area contributed by atoms with Gasteiger partial charge >= 0.3 is 0 Å². The maximum atomic E-state index is 12.7. The highest BCUT2D eigenvalue weighted by Gasteiger charge is 2.28. The molecule has 3 rings (SSSR count). The predicted molar refractivity (Wildman–Crippen MR) is 83.9 cm³/mol. The van der Waals surface area contributed by atoms with Crippen molar-refractivity contribution < 1.29 is 12.8 Å². The van der Waals surface area contributed by atoms with Gasteiger partial charge < -0.3 is 4.42 Å². The summed E-state index contributed by atoms with van der Waals surface area (Å²) in [5.74, 6) is 0.912. The highest BCUT2D eigenvalue weighted by Crippen LogP contribution is 2.19. The molecule has 0 spiro atoms. The van der Waals surface area contributed by atoms with Crippen LogP contribution in [0.5, 0.6) is 0 Å². The molecule has 1 aliphatic heterocycles. The molecule has 1 fully saturated rings. The Labute approximate surface area is 131 Å². The molecular weight excluding hydrogens is 300 g/mol. The van der Waals surface area contributed by atoms with E-state index in [1.54, 1.807) is 28.8 Å². The molecule has 0 N–H and O–H groups in total. The number of aryl methyl sites for hydroxylation is 1. The Balaban J connectivity index is 1.65. The van der Waals surface area contributed by atoms with Gasteiger partial charge in [0.2, 0.25) is 10.0 Å². The monoisotopic (exact) mass is 320 g/mol. The van der Waals surface area contributed by atoms with Crippen LogP contribution in [-0.4, -0.2) is 43.8 Å². The van der Waals surface area contributed by atoms with Crippen LogP contribution < -0.4 is 0 Å². The number of hydrogen-bond donors (Lipinski definition) is 0. The third-order valence-electron chi connectivity index (χ3n) is 3.92. The predicted octanol–water partition coefficient (Wildman–Crippen LogP) is 2.09. The van der Waals surface area contributed by atoms with Crippen LogP contribution >= 0.6 is 0 Å². The van der Waals surface area contributed by atoms with Crippen molar-refractivity contribution in [3.05, 3.63) is 54.0 Å². The maximum Gasteiger partial charge on any atom is 0.243 e. The highest BCUT2D eigenvalue weighted by atomic mass is 32.2. The van der Waals surface area contributed by atoms with E-state index >= 15 is 0 Å². The number of sulfonamides is 1. The van der Waals surface area contributed by atoms with E-state index in [0.29, 0.717) is 31.1 Å². The first kappa shape index (κ1) is 15.3. The van der Waals surface area contributed by atoms with Crippen LogP contribution in [0.3, 0.4) is 0 Å². The second-order valence-electron chi connectivity index (χ2n) is 5.58. The Morgan fingerprint density at radius 2 is 1.86 bits per heavy atom. The molecule has 1 saturated heterocycles. The minimum absolute atomic E-state index is 0.381. The highest BCUT2D eigenvalue weighted by molar-refractivity contribution is 7.89. The van der Waals surface area contributed by atoms with Crippen LogP contribution in [0.1, 0.15) is 11.3 Å². The summed E-state index contributed by atoms with van der Waals surface area (Å²) in [6.45, 7) is 5.08. The topological polar surface area (TPSA) is 53.8 Å². The van der Waals surface area contributed by atoms with Crippen LogP contribution in [0.25, 0.3) is 0 Å². The summed E-state index contributed by atoms with van der Waals surface area (Å²) in [7, 11) is -3.39. The van der Waals surface area contributed by atoms with Gasteiger partial charge in [-0.25, -0.2) is 8.42 Å². The molecule has 0 unspecified atom stereocenters. The summed E-state index contributed by atoms with van der Waals surface area (Å²) in [5, 5.41) is 0. The molecule has 0 radical (unpaired) electrons. The molecule has 2 aromatic rings. The van der Waals surface area contributed by atoms with Gasteiger partial charge in [0.15, 0.2) is 0 Å². The van der Waals surface area contributed by atoms with Crippen LogP contribution in [0.15, 0.2) is 52.0 Å². The van der Waals surface area contributed by atoms with E-state index in [1.807, 2.05) is 25.1 Å². The molecule has 0 amide bonds. The quantitative estimate of drug-likeness (QED) is 0.866. The molecule has 0 saturated carbocycles. The Morgan fingerprint density at radius 3 is 2.50 bits per heavy atom. The van der Waals surface area contributed by atoms with Gasteiger partial charge in [-0.15, -0.1) is 0 Å². The molecular formula is C16H20N2O3S. The number of rotatable bonds is 4. The largest absolute Gasteiger partial charge is 0.468 e. The molecule has 2 heterocycles. The average molecular weight is 320 g/mol. The molecule has 1 aliphatic rings. The Hall–Kier alpha value is -1.63.